The van der Waals surface area contributed by atoms with Gasteiger partial charge in [0.25, 0.3) is 10.0 Å². The van der Waals surface area contributed by atoms with E-state index >= 15 is 0 Å². The number of nitrogens with one attached hydrogen (secondary N) is 1. The number of hydrogen-bond acceptors (Lipinski definition) is 3. The quantitative estimate of drug-likeness (QED) is 0.695. The molecule has 0 saturated heterocycles. The summed E-state index contributed by atoms with van der Waals surface area (Å²) < 4.78 is 27.6. The van der Waals surface area contributed by atoms with Gasteiger partial charge in [-0.3, -0.25) is 9.52 Å². The second kappa shape index (κ2) is 6.91. The molecule has 0 unspecified atom stereocenters. The molecule has 126 valence electrons. The van der Waals surface area contributed by atoms with Gasteiger partial charge < -0.3 is 0 Å². The molecule has 0 heterocycles. The molecule has 0 aliphatic carbocycles. The largest absolute Gasteiger partial charge is 0.295 e. The Morgan fingerprint density at radius 3 is 2.08 bits per heavy atom. The molecule has 0 saturated carbocycles. The fourth-order valence-electron chi connectivity index (χ4n) is 2.47. The number of sulfonamides is 1. The van der Waals surface area contributed by atoms with Crippen molar-refractivity contribution in [3.8, 4) is 11.1 Å². The highest BCUT2D eigenvalue weighted by atomic mass is 32.2. The zero-order chi connectivity index (χ0) is 17.9. The number of benzene rings is 3. The third kappa shape index (κ3) is 3.95. The Morgan fingerprint density at radius 2 is 1.44 bits per heavy atom. The van der Waals surface area contributed by atoms with Gasteiger partial charge in [0.1, 0.15) is 0 Å². The van der Waals surface area contributed by atoms with Crippen LogP contribution in [0.5, 0.6) is 0 Å². The molecule has 25 heavy (non-hydrogen) atoms. The molecular weight excluding hydrogens is 334 g/mol. The molecule has 0 fully saturated rings. The summed E-state index contributed by atoms with van der Waals surface area (Å²) in [5.74, 6) is -0.117. The summed E-state index contributed by atoms with van der Waals surface area (Å²) in [4.78, 5) is 11.6. The van der Waals surface area contributed by atoms with E-state index in [9.17, 15) is 13.2 Å². The lowest BCUT2D eigenvalue weighted by Crippen LogP contribution is -2.13. The second-order valence-electron chi connectivity index (χ2n) is 5.63. The van der Waals surface area contributed by atoms with Gasteiger partial charge in [0.15, 0.2) is 5.78 Å². The van der Waals surface area contributed by atoms with E-state index in [-0.39, 0.29) is 10.7 Å². The van der Waals surface area contributed by atoms with Crippen molar-refractivity contribution in [3.63, 3.8) is 0 Å². The minimum Gasteiger partial charge on any atom is -0.295 e. The summed E-state index contributed by atoms with van der Waals surface area (Å²) in [5.41, 5.74) is 2.78. The maximum Gasteiger partial charge on any atom is 0.261 e. The first kappa shape index (κ1) is 16.9. The minimum atomic E-state index is -3.72. The number of carbonyl (C=O) groups is 1. The van der Waals surface area contributed by atoms with E-state index < -0.39 is 10.0 Å². The van der Waals surface area contributed by atoms with Crippen molar-refractivity contribution < 1.29 is 13.2 Å². The third-order valence-electron chi connectivity index (χ3n) is 3.79. The van der Waals surface area contributed by atoms with Crippen molar-refractivity contribution in [2.45, 2.75) is 11.8 Å². The summed E-state index contributed by atoms with van der Waals surface area (Å²) in [5, 5.41) is 0. The van der Waals surface area contributed by atoms with Crippen molar-refractivity contribution in [2.75, 3.05) is 4.72 Å². The molecule has 1 N–H and O–H groups in total. The normalized spacial score (nSPS) is 11.1. The van der Waals surface area contributed by atoms with Crippen molar-refractivity contribution in [3.05, 3.63) is 84.4 Å². The molecule has 5 heteroatoms. The van der Waals surface area contributed by atoms with Gasteiger partial charge >= 0.3 is 0 Å². The molecule has 0 amide bonds. The van der Waals surface area contributed by atoms with Gasteiger partial charge in [-0.15, -0.1) is 0 Å². The third-order valence-corrected chi connectivity index (χ3v) is 5.19. The number of Topliss-reactive ketones (excluding diaryl/α,β-unsaturated/α-hetero) is 1. The lowest BCUT2D eigenvalue weighted by atomic mass is 10.1. The fourth-order valence-corrected chi connectivity index (χ4v) is 3.52. The Balaban J connectivity index is 1.85. The molecule has 4 nitrogen and oxygen atoms in total. The highest BCUT2D eigenvalue weighted by Crippen LogP contribution is 2.22. The first-order valence-corrected chi connectivity index (χ1v) is 9.23. The molecule has 0 bridgehead atoms. The zero-order valence-electron chi connectivity index (χ0n) is 13.6. The highest BCUT2D eigenvalue weighted by molar-refractivity contribution is 7.92. The van der Waals surface area contributed by atoms with Crippen LogP contribution in [0.25, 0.3) is 11.1 Å². The Hall–Kier alpha value is -2.92. The molecule has 0 radical (unpaired) electrons. The van der Waals surface area contributed by atoms with Crippen molar-refractivity contribution in [1.82, 2.24) is 0 Å². The van der Waals surface area contributed by atoms with E-state index in [1.807, 2.05) is 30.3 Å². The van der Waals surface area contributed by atoms with Gasteiger partial charge in [0, 0.05) is 11.3 Å². The van der Waals surface area contributed by atoms with Crippen LogP contribution in [0.3, 0.4) is 0 Å². The summed E-state index contributed by atoms with van der Waals surface area (Å²) in [6.45, 7) is 1.44. The molecule has 0 spiro atoms. The maximum absolute atomic E-state index is 12.5. The van der Waals surface area contributed by atoms with Crippen LogP contribution >= 0.6 is 0 Å². The molecular formula is C20H17NO3S. The van der Waals surface area contributed by atoms with Gasteiger partial charge in [0.2, 0.25) is 0 Å². The summed E-state index contributed by atoms with van der Waals surface area (Å²) in [6, 6.07) is 22.9. The van der Waals surface area contributed by atoms with Gasteiger partial charge in [-0.05, 0) is 42.3 Å². The predicted octanol–water partition coefficient (Wildman–Crippen LogP) is 4.36. The summed E-state index contributed by atoms with van der Waals surface area (Å²) in [6.07, 6.45) is 0. The minimum absolute atomic E-state index is 0.117. The van der Waals surface area contributed by atoms with E-state index in [0.717, 1.165) is 11.1 Å². The zero-order valence-corrected chi connectivity index (χ0v) is 14.5. The van der Waals surface area contributed by atoms with Crippen LogP contribution in [0, 0.1) is 0 Å². The van der Waals surface area contributed by atoms with Crippen LogP contribution < -0.4 is 4.72 Å². The Bertz CT molecular complexity index is 995. The first-order chi connectivity index (χ1) is 12.0. The molecule has 3 rings (SSSR count). The van der Waals surface area contributed by atoms with Gasteiger partial charge in [-0.1, -0.05) is 54.6 Å². The average molecular weight is 351 g/mol. The Kier molecular flexibility index (Phi) is 4.67. The predicted molar refractivity (Wildman–Crippen MR) is 99.1 cm³/mol. The number of carbonyl (C=O) groups excluding carboxylic acids is 1. The monoisotopic (exact) mass is 351 g/mol. The van der Waals surface area contributed by atoms with Gasteiger partial charge in [-0.2, -0.15) is 0 Å². The highest BCUT2D eigenvalue weighted by Gasteiger charge is 2.14. The molecule has 0 aromatic heterocycles. The number of anilines is 1. The van der Waals surface area contributed by atoms with Crippen LogP contribution in [-0.4, -0.2) is 14.2 Å². The first-order valence-electron chi connectivity index (χ1n) is 7.75. The standard InChI is InChI=1S/C20H17NO3S/c1-15(22)18-8-5-9-19(14-18)21-25(23,24)20-12-10-17(11-13-20)16-6-3-2-4-7-16/h2-14,21H,1H3. The Morgan fingerprint density at radius 1 is 0.800 bits per heavy atom. The van der Waals surface area contributed by atoms with Crippen LogP contribution in [-0.2, 0) is 10.0 Å². The summed E-state index contributed by atoms with van der Waals surface area (Å²) >= 11 is 0. The van der Waals surface area contributed by atoms with Crippen LogP contribution in [0.2, 0.25) is 0 Å². The van der Waals surface area contributed by atoms with E-state index in [2.05, 4.69) is 4.72 Å². The maximum atomic E-state index is 12.5. The van der Waals surface area contributed by atoms with E-state index in [1.54, 1.807) is 42.5 Å². The Labute approximate surface area is 147 Å². The SMILES string of the molecule is CC(=O)c1cccc(NS(=O)(=O)c2ccc(-c3ccccc3)cc2)c1. The molecule has 3 aromatic carbocycles. The van der Waals surface area contributed by atoms with E-state index in [4.69, 9.17) is 0 Å². The van der Waals surface area contributed by atoms with Gasteiger partial charge in [-0.25, -0.2) is 8.42 Å². The molecule has 0 atom stereocenters. The van der Waals surface area contributed by atoms with Crippen molar-refractivity contribution in [1.29, 1.82) is 0 Å². The van der Waals surface area contributed by atoms with Crippen LogP contribution in [0.1, 0.15) is 17.3 Å². The number of ketones is 1. The van der Waals surface area contributed by atoms with Crippen LogP contribution in [0.4, 0.5) is 5.69 Å². The van der Waals surface area contributed by atoms with Gasteiger partial charge in [0.05, 0.1) is 4.90 Å². The number of hydrogen-bond donors (Lipinski definition) is 1. The fraction of sp³-hybridized carbons (Fsp3) is 0.0500. The summed E-state index contributed by atoms with van der Waals surface area (Å²) in [7, 11) is -3.72. The van der Waals surface area contributed by atoms with E-state index in [0.29, 0.717) is 11.3 Å². The average Bonchev–Trinajstić information content (AvgIpc) is 2.62. The van der Waals surface area contributed by atoms with Crippen molar-refractivity contribution >= 4 is 21.5 Å². The van der Waals surface area contributed by atoms with Crippen molar-refractivity contribution in [2.24, 2.45) is 0 Å². The second-order valence-corrected chi connectivity index (χ2v) is 7.32. The van der Waals surface area contributed by atoms with Crippen LogP contribution in [0.15, 0.2) is 83.8 Å². The van der Waals surface area contributed by atoms with E-state index in [1.165, 1.54) is 13.0 Å². The topological polar surface area (TPSA) is 63.2 Å². The molecule has 0 aliphatic heterocycles. The lowest BCUT2D eigenvalue weighted by molar-refractivity contribution is 0.101. The number of rotatable bonds is 5. The smallest absolute Gasteiger partial charge is 0.261 e. The molecule has 3 aromatic rings. The lowest BCUT2D eigenvalue weighted by Gasteiger charge is -2.10. The molecule has 0 aliphatic rings.